The summed E-state index contributed by atoms with van der Waals surface area (Å²) >= 11 is 0. The average Bonchev–Trinajstić information content (AvgIpc) is 2.01. The Hall–Kier alpha value is 0.0969. The molecule has 0 N–H and O–H groups in total. The molecule has 4 heteroatoms. The van der Waals surface area contributed by atoms with Crippen molar-refractivity contribution in [2.45, 2.75) is 33.0 Å². The van der Waals surface area contributed by atoms with E-state index in [1.54, 1.807) is 0 Å². The summed E-state index contributed by atoms with van der Waals surface area (Å²) < 4.78 is 5.32. The Morgan fingerprint density at radius 2 is 1.54 bits per heavy atom. The van der Waals surface area contributed by atoms with Gasteiger partial charge in [0.25, 0.3) is 0 Å². The van der Waals surface area contributed by atoms with Crippen LogP contribution in [-0.2, 0) is 0 Å². The molecule has 78 valence electrons. The van der Waals surface area contributed by atoms with Crippen LogP contribution >= 0.6 is 0 Å². The molecule has 1 fully saturated rings. The second-order valence-corrected chi connectivity index (χ2v) is 5.98. The standard InChI is InChI=1S/C9H23N3Si/c1-5-7-11-9(10(3)4)12(13-11)8-6-2/h9H,5-8,13H2,1-4H3. The summed E-state index contributed by atoms with van der Waals surface area (Å²) in [5.74, 6) is 0. The minimum absolute atomic E-state index is 0.0543. The van der Waals surface area contributed by atoms with Crippen LogP contribution in [0.1, 0.15) is 26.7 Å². The van der Waals surface area contributed by atoms with Gasteiger partial charge in [0, 0.05) is 0 Å². The van der Waals surface area contributed by atoms with Crippen molar-refractivity contribution >= 4 is 9.84 Å². The molecule has 0 saturated carbocycles. The minimum Gasteiger partial charge on any atom is -0.289 e. The number of hydrogen-bond acceptors (Lipinski definition) is 3. The second-order valence-electron chi connectivity index (χ2n) is 4.08. The molecule has 3 nitrogen and oxygen atoms in total. The van der Waals surface area contributed by atoms with Gasteiger partial charge in [-0.15, -0.1) is 0 Å². The normalized spacial score (nSPS) is 27.0. The van der Waals surface area contributed by atoms with Crippen molar-refractivity contribution < 1.29 is 0 Å². The quantitative estimate of drug-likeness (QED) is 0.591. The second kappa shape index (κ2) is 5.10. The fourth-order valence-corrected chi connectivity index (χ4v) is 4.60. The van der Waals surface area contributed by atoms with Gasteiger partial charge in [-0.05, 0) is 40.0 Å². The highest BCUT2D eigenvalue weighted by molar-refractivity contribution is 6.32. The van der Waals surface area contributed by atoms with Gasteiger partial charge in [-0.2, -0.15) is 0 Å². The third-order valence-corrected chi connectivity index (χ3v) is 4.51. The molecule has 1 saturated heterocycles. The lowest BCUT2D eigenvalue weighted by Gasteiger charge is -2.53. The molecule has 0 spiro atoms. The van der Waals surface area contributed by atoms with Crippen molar-refractivity contribution in [2.75, 3.05) is 27.2 Å². The Morgan fingerprint density at radius 3 is 1.85 bits per heavy atom. The fourth-order valence-electron chi connectivity index (χ4n) is 2.11. The molecule has 0 bridgehead atoms. The van der Waals surface area contributed by atoms with Crippen molar-refractivity contribution in [1.29, 1.82) is 0 Å². The molecule has 13 heavy (non-hydrogen) atoms. The molecule has 0 aromatic carbocycles. The van der Waals surface area contributed by atoms with E-state index in [0.29, 0.717) is 6.29 Å². The highest BCUT2D eigenvalue weighted by Crippen LogP contribution is 2.18. The van der Waals surface area contributed by atoms with Crippen molar-refractivity contribution in [3.05, 3.63) is 0 Å². The summed E-state index contributed by atoms with van der Waals surface area (Å²) in [5, 5.41) is 0. The molecule has 0 aliphatic carbocycles. The first kappa shape index (κ1) is 11.2. The Bertz CT molecular complexity index is 140. The van der Waals surface area contributed by atoms with E-state index in [2.05, 4.69) is 42.0 Å². The monoisotopic (exact) mass is 201 g/mol. The SMILES string of the molecule is CCCN1[SiH2]N(CCC)C1N(C)C. The maximum absolute atomic E-state index is 2.66. The molecule has 1 rings (SSSR count). The molecule has 1 aliphatic rings. The van der Waals surface area contributed by atoms with Crippen LogP contribution in [0.2, 0.25) is 0 Å². The zero-order valence-corrected chi connectivity index (χ0v) is 10.9. The molecule has 1 aliphatic heterocycles. The summed E-state index contributed by atoms with van der Waals surface area (Å²) in [5.41, 5.74) is 0. The van der Waals surface area contributed by atoms with Gasteiger partial charge in [0.05, 0.1) is 0 Å². The van der Waals surface area contributed by atoms with Crippen LogP contribution in [0.15, 0.2) is 0 Å². The lowest BCUT2D eigenvalue weighted by atomic mass is 10.4. The van der Waals surface area contributed by atoms with Gasteiger partial charge in [-0.3, -0.25) is 14.0 Å². The lowest BCUT2D eigenvalue weighted by molar-refractivity contribution is -0.0146. The Labute approximate surface area is 84.7 Å². The summed E-state index contributed by atoms with van der Waals surface area (Å²) in [6.07, 6.45) is 3.20. The Kier molecular flexibility index (Phi) is 4.38. The molecule has 0 aromatic rings. The number of hydrogen-bond donors (Lipinski definition) is 0. The van der Waals surface area contributed by atoms with E-state index in [4.69, 9.17) is 0 Å². The van der Waals surface area contributed by atoms with Gasteiger partial charge < -0.3 is 0 Å². The molecular formula is C9H23N3Si. The molecule has 0 amide bonds. The van der Waals surface area contributed by atoms with Gasteiger partial charge in [0.1, 0.15) is 6.29 Å². The molecule has 0 unspecified atom stereocenters. The number of nitrogens with zero attached hydrogens (tertiary/aromatic N) is 3. The first-order valence-corrected chi connectivity index (χ1v) is 6.61. The molecule has 0 radical (unpaired) electrons. The minimum atomic E-state index is -0.0543. The van der Waals surface area contributed by atoms with Gasteiger partial charge in [-0.1, -0.05) is 13.8 Å². The van der Waals surface area contributed by atoms with Crippen molar-refractivity contribution in [2.24, 2.45) is 0 Å². The van der Waals surface area contributed by atoms with E-state index in [1.165, 1.54) is 25.9 Å². The van der Waals surface area contributed by atoms with Crippen LogP contribution < -0.4 is 0 Å². The van der Waals surface area contributed by atoms with Gasteiger partial charge in [0.2, 0.25) is 0 Å². The van der Waals surface area contributed by atoms with E-state index < -0.39 is 0 Å². The van der Waals surface area contributed by atoms with Gasteiger partial charge >= 0.3 is 0 Å². The zero-order chi connectivity index (χ0) is 9.84. The molecule has 0 aromatic heterocycles. The van der Waals surface area contributed by atoms with Crippen LogP contribution in [0.3, 0.4) is 0 Å². The van der Waals surface area contributed by atoms with E-state index in [1.807, 2.05) is 0 Å². The number of rotatable bonds is 5. The molecular weight excluding hydrogens is 178 g/mol. The zero-order valence-electron chi connectivity index (χ0n) is 9.45. The van der Waals surface area contributed by atoms with Crippen LogP contribution in [0, 0.1) is 0 Å². The highest BCUT2D eigenvalue weighted by atomic mass is 28.2. The van der Waals surface area contributed by atoms with E-state index in [0.717, 1.165) is 0 Å². The van der Waals surface area contributed by atoms with Crippen LogP contribution in [0.25, 0.3) is 0 Å². The predicted octanol–water partition coefficient (Wildman–Crippen LogP) is 0.268. The van der Waals surface area contributed by atoms with Crippen LogP contribution in [-0.4, -0.2) is 57.3 Å². The fraction of sp³-hybridized carbons (Fsp3) is 1.00. The molecule has 0 atom stereocenters. The smallest absolute Gasteiger partial charge is 0.177 e. The first-order chi connectivity index (χ1) is 6.20. The largest absolute Gasteiger partial charge is 0.289 e. The van der Waals surface area contributed by atoms with E-state index in [9.17, 15) is 0 Å². The third-order valence-electron chi connectivity index (χ3n) is 2.50. The predicted molar refractivity (Wildman–Crippen MR) is 60.0 cm³/mol. The van der Waals surface area contributed by atoms with Gasteiger partial charge in [0.15, 0.2) is 9.84 Å². The molecule has 1 heterocycles. The highest BCUT2D eigenvalue weighted by Gasteiger charge is 2.36. The van der Waals surface area contributed by atoms with Crippen molar-refractivity contribution in [1.82, 2.24) is 14.0 Å². The summed E-state index contributed by atoms with van der Waals surface area (Å²) in [6, 6.07) is 0. The van der Waals surface area contributed by atoms with Crippen molar-refractivity contribution in [3.63, 3.8) is 0 Å². The maximum Gasteiger partial charge on any atom is 0.177 e. The first-order valence-electron chi connectivity index (χ1n) is 5.35. The maximum atomic E-state index is 2.66. The Morgan fingerprint density at radius 1 is 1.08 bits per heavy atom. The van der Waals surface area contributed by atoms with Crippen LogP contribution in [0.4, 0.5) is 0 Å². The van der Waals surface area contributed by atoms with Crippen molar-refractivity contribution in [3.8, 4) is 0 Å². The average molecular weight is 201 g/mol. The van der Waals surface area contributed by atoms with E-state index in [-0.39, 0.29) is 9.84 Å². The summed E-state index contributed by atoms with van der Waals surface area (Å²) in [6.45, 7) is 7.11. The summed E-state index contributed by atoms with van der Waals surface area (Å²) in [7, 11) is 4.31. The lowest BCUT2D eigenvalue weighted by Crippen LogP contribution is -2.71. The third kappa shape index (κ3) is 2.53. The van der Waals surface area contributed by atoms with Gasteiger partial charge in [-0.25, -0.2) is 0 Å². The van der Waals surface area contributed by atoms with E-state index >= 15 is 0 Å². The topological polar surface area (TPSA) is 9.72 Å². The van der Waals surface area contributed by atoms with Crippen LogP contribution in [0.5, 0.6) is 0 Å². The summed E-state index contributed by atoms with van der Waals surface area (Å²) in [4.78, 5) is 2.34. The Balaban J connectivity index is 2.38.